The molecule has 1 aromatic rings. The number of β-amino-alcohol motifs (C(OH)–C–C–N with tert-alkyl or cyclic N) is 1. The van der Waals surface area contributed by atoms with Gasteiger partial charge in [0.2, 0.25) is 5.91 Å². The van der Waals surface area contributed by atoms with Crippen LogP contribution in [0.25, 0.3) is 0 Å². The lowest BCUT2D eigenvalue weighted by Gasteiger charge is -2.17. The number of fused-ring (bicyclic) bond motifs is 1. The standard InChI is InChI=1S/C14H17BrN2O2.ClH/c15-11-3-1-2-10-9(11)4-5-12(10)17-14(19)13-6-8(18)7-16-13;/h1-3,8,12-13,16,18H,4-7H2,(H,17,19);1H. The number of hydrogen-bond donors (Lipinski definition) is 3. The minimum atomic E-state index is -0.402. The zero-order chi connectivity index (χ0) is 13.4. The number of carbonyl (C=O) groups excluding carboxylic acids is 1. The predicted octanol–water partition coefficient (Wildman–Crippen LogP) is 1.70. The maximum atomic E-state index is 12.1. The molecule has 3 atom stereocenters. The van der Waals surface area contributed by atoms with Crippen molar-refractivity contribution in [2.75, 3.05) is 6.54 Å². The van der Waals surface area contributed by atoms with Gasteiger partial charge in [0, 0.05) is 11.0 Å². The van der Waals surface area contributed by atoms with E-state index < -0.39 is 6.10 Å². The zero-order valence-electron chi connectivity index (χ0n) is 10.9. The summed E-state index contributed by atoms with van der Waals surface area (Å²) in [6.45, 7) is 0.505. The molecule has 3 rings (SSSR count). The van der Waals surface area contributed by atoms with Crippen LogP contribution < -0.4 is 10.6 Å². The van der Waals surface area contributed by atoms with E-state index in [9.17, 15) is 9.90 Å². The second kappa shape index (κ2) is 6.43. The largest absolute Gasteiger partial charge is 0.392 e. The van der Waals surface area contributed by atoms with E-state index in [4.69, 9.17) is 0 Å². The van der Waals surface area contributed by atoms with Gasteiger partial charge in [-0.2, -0.15) is 0 Å². The Morgan fingerprint density at radius 3 is 2.95 bits per heavy atom. The first kappa shape index (κ1) is 15.8. The van der Waals surface area contributed by atoms with Crippen molar-refractivity contribution >= 4 is 34.2 Å². The fourth-order valence-corrected chi connectivity index (χ4v) is 3.53. The maximum Gasteiger partial charge on any atom is 0.237 e. The molecule has 0 saturated carbocycles. The SMILES string of the molecule is Cl.O=C(NC1CCc2c(Br)cccc21)C1CC(O)CN1. The fraction of sp³-hybridized carbons (Fsp3) is 0.500. The van der Waals surface area contributed by atoms with Crippen LogP contribution in [0.1, 0.15) is 30.0 Å². The van der Waals surface area contributed by atoms with Crippen LogP contribution in [0.2, 0.25) is 0 Å². The molecule has 1 saturated heterocycles. The van der Waals surface area contributed by atoms with Crippen LogP contribution in [0.3, 0.4) is 0 Å². The Morgan fingerprint density at radius 1 is 1.45 bits per heavy atom. The fourth-order valence-electron chi connectivity index (χ4n) is 2.95. The Hall–Kier alpha value is -0.620. The number of hydrogen-bond acceptors (Lipinski definition) is 3. The monoisotopic (exact) mass is 360 g/mol. The average molecular weight is 362 g/mol. The normalized spacial score (nSPS) is 27.8. The van der Waals surface area contributed by atoms with Gasteiger partial charge in [0.1, 0.15) is 0 Å². The summed E-state index contributed by atoms with van der Waals surface area (Å²) in [5.41, 5.74) is 2.51. The molecule has 1 amide bonds. The van der Waals surface area contributed by atoms with E-state index in [1.54, 1.807) is 0 Å². The summed E-state index contributed by atoms with van der Waals surface area (Å²) in [7, 11) is 0. The topological polar surface area (TPSA) is 61.4 Å². The Morgan fingerprint density at radius 2 is 2.25 bits per heavy atom. The van der Waals surface area contributed by atoms with Gasteiger partial charge in [0.05, 0.1) is 18.2 Å². The second-order valence-electron chi connectivity index (χ2n) is 5.26. The summed E-state index contributed by atoms with van der Waals surface area (Å²) in [5.74, 6) is -0.00521. The lowest BCUT2D eigenvalue weighted by atomic mass is 10.1. The smallest absolute Gasteiger partial charge is 0.237 e. The van der Waals surface area contributed by atoms with Crippen molar-refractivity contribution in [1.82, 2.24) is 10.6 Å². The number of benzene rings is 1. The highest BCUT2D eigenvalue weighted by atomic mass is 79.9. The van der Waals surface area contributed by atoms with Gasteiger partial charge in [-0.05, 0) is 36.5 Å². The van der Waals surface area contributed by atoms with Gasteiger partial charge in [0.25, 0.3) is 0 Å². The number of amides is 1. The molecule has 1 fully saturated rings. The summed E-state index contributed by atoms with van der Waals surface area (Å²) in [6.07, 6.45) is 2.03. The van der Waals surface area contributed by atoms with E-state index >= 15 is 0 Å². The van der Waals surface area contributed by atoms with Gasteiger partial charge in [-0.15, -0.1) is 12.4 Å². The first-order valence-corrected chi connectivity index (χ1v) is 7.43. The summed E-state index contributed by atoms with van der Waals surface area (Å²) in [6, 6.07) is 5.96. The minimum Gasteiger partial charge on any atom is -0.392 e. The zero-order valence-corrected chi connectivity index (χ0v) is 13.3. The molecule has 1 aliphatic carbocycles. The van der Waals surface area contributed by atoms with Gasteiger partial charge in [-0.3, -0.25) is 4.79 Å². The molecule has 1 aromatic carbocycles. The first-order valence-electron chi connectivity index (χ1n) is 6.64. The maximum absolute atomic E-state index is 12.1. The average Bonchev–Trinajstić information content (AvgIpc) is 2.98. The van der Waals surface area contributed by atoms with Gasteiger partial charge >= 0.3 is 0 Å². The third-order valence-corrected chi connectivity index (χ3v) is 4.70. The van der Waals surface area contributed by atoms with Crippen LogP contribution in [0, 0.1) is 0 Å². The minimum absolute atomic E-state index is 0. The molecular formula is C14H18BrClN2O2. The molecule has 1 heterocycles. The Balaban J connectivity index is 0.00000147. The molecule has 0 radical (unpaired) electrons. The van der Waals surface area contributed by atoms with Crippen molar-refractivity contribution in [3.63, 3.8) is 0 Å². The van der Waals surface area contributed by atoms with Crippen LogP contribution in [-0.2, 0) is 11.2 Å². The van der Waals surface area contributed by atoms with Crippen LogP contribution in [0.4, 0.5) is 0 Å². The summed E-state index contributed by atoms with van der Waals surface area (Å²) in [4.78, 5) is 12.1. The summed E-state index contributed by atoms with van der Waals surface area (Å²) < 4.78 is 1.12. The van der Waals surface area contributed by atoms with Crippen molar-refractivity contribution < 1.29 is 9.90 Å². The van der Waals surface area contributed by atoms with Crippen molar-refractivity contribution in [2.24, 2.45) is 0 Å². The van der Waals surface area contributed by atoms with Crippen molar-refractivity contribution in [3.8, 4) is 0 Å². The quantitative estimate of drug-likeness (QED) is 0.751. The molecule has 0 aromatic heterocycles. The van der Waals surface area contributed by atoms with E-state index in [1.165, 1.54) is 11.1 Å². The van der Waals surface area contributed by atoms with Gasteiger partial charge in [-0.1, -0.05) is 28.1 Å². The molecule has 0 spiro atoms. The number of nitrogens with one attached hydrogen (secondary N) is 2. The van der Waals surface area contributed by atoms with E-state index in [-0.39, 0.29) is 30.4 Å². The van der Waals surface area contributed by atoms with Crippen molar-refractivity contribution in [3.05, 3.63) is 33.8 Å². The molecule has 0 bridgehead atoms. The van der Waals surface area contributed by atoms with Crippen LogP contribution >= 0.6 is 28.3 Å². The van der Waals surface area contributed by atoms with Gasteiger partial charge in [-0.25, -0.2) is 0 Å². The molecule has 20 heavy (non-hydrogen) atoms. The molecular weight excluding hydrogens is 344 g/mol. The molecule has 4 nitrogen and oxygen atoms in total. The number of halogens is 2. The van der Waals surface area contributed by atoms with Crippen molar-refractivity contribution in [2.45, 2.75) is 37.5 Å². The highest BCUT2D eigenvalue weighted by Crippen LogP contribution is 2.35. The number of aliphatic hydroxyl groups is 1. The first-order chi connectivity index (χ1) is 9.15. The van der Waals surface area contributed by atoms with E-state index in [0.717, 1.165) is 17.3 Å². The van der Waals surface area contributed by atoms with E-state index in [1.807, 2.05) is 12.1 Å². The Bertz CT molecular complexity index is 512. The lowest BCUT2D eigenvalue weighted by Crippen LogP contribution is -2.41. The Kier molecular flexibility index (Phi) is 5.07. The van der Waals surface area contributed by atoms with Gasteiger partial charge in [0.15, 0.2) is 0 Å². The third-order valence-electron chi connectivity index (χ3n) is 3.95. The van der Waals surface area contributed by atoms with E-state index in [0.29, 0.717) is 13.0 Å². The third kappa shape index (κ3) is 3.01. The number of carbonyl (C=O) groups is 1. The van der Waals surface area contributed by atoms with Crippen molar-refractivity contribution in [1.29, 1.82) is 0 Å². The van der Waals surface area contributed by atoms with Crippen LogP contribution in [-0.4, -0.2) is 29.7 Å². The second-order valence-corrected chi connectivity index (χ2v) is 6.11. The molecule has 3 unspecified atom stereocenters. The van der Waals surface area contributed by atoms with Crippen LogP contribution in [0.15, 0.2) is 22.7 Å². The number of rotatable bonds is 2. The molecule has 110 valence electrons. The number of aliphatic hydroxyl groups excluding tert-OH is 1. The molecule has 3 N–H and O–H groups in total. The van der Waals surface area contributed by atoms with E-state index in [2.05, 4.69) is 32.6 Å². The molecule has 6 heteroatoms. The van der Waals surface area contributed by atoms with Crippen LogP contribution in [0.5, 0.6) is 0 Å². The molecule has 2 aliphatic rings. The highest BCUT2D eigenvalue weighted by Gasteiger charge is 2.31. The molecule has 1 aliphatic heterocycles. The summed E-state index contributed by atoms with van der Waals surface area (Å²) in [5, 5.41) is 15.6. The van der Waals surface area contributed by atoms with Gasteiger partial charge < -0.3 is 15.7 Å². The summed E-state index contributed by atoms with van der Waals surface area (Å²) >= 11 is 3.56. The highest BCUT2D eigenvalue weighted by molar-refractivity contribution is 9.10. The Labute approximate surface area is 132 Å². The predicted molar refractivity (Wildman–Crippen MR) is 83.0 cm³/mol. The lowest BCUT2D eigenvalue weighted by molar-refractivity contribution is -0.123.